The topological polar surface area (TPSA) is 0 Å². The highest BCUT2D eigenvalue weighted by molar-refractivity contribution is 5.52. The summed E-state index contributed by atoms with van der Waals surface area (Å²) < 4.78 is 1.30. The molecule has 0 unspecified atom stereocenters. The summed E-state index contributed by atoms with van der Waals surface area (Å²) in [5.74, 6) is 0. The van der Waals surface area contributed by atoms with Crippen molar-refractivity contribution in [3.05, 3.63) is 29.8 Å². The maximum absolute atomic E-state index is 2.37. The molecule has 1 heteroatoms. The minimum Gasteiger partial charge on any atom is -0.291 e. The summed E-state index contributed by atoms with van der Waals surface area (Å²) in [6.07, 6.45) is 6.98. The van der Waals surface area contributed by atoms with Gasteiger partial charge in [0, 0.05) is 12.0 Å². The molecule has 0 aromatic heterocycles. The second-order valence-corrected chi connectivity index (χ2v) is 5.11. The molecule has 0 amide bonds. The number of rotatable bonds is 0. The highest BCUT2D eigenvalue weighted by atomic mass is 15.4. The molecule has 1 nitrogen and oxygen atoms in total. The van der Waals surface area contributed by atoms with Crippen LogP contribution in [-0.4, -0.2) is 19.6 Å². The Morgan fingerprint density at radius 2 is 1.53 bits per heavy atom. The van der Waals surface area contributed by atoms with E-state index in [4.69, 9.17) is 0 Å². The predicted octanol–water partition coefficient (Wildman–Crippen LogP) is 3.12. The van der Waals surface area contributed by atoms with Gasteiger partial charge in [0.05, 0.1) is 19.6 Å². The molecule has 1 aromatic rings. The molecule has 0 atom stereocenters. The number of aryl methyl sites for hydroxylation is 1. The third kappa shape index (κ3) is 1.50. The first-order chi connectivity index (χ1) is 7.41. The third-order valence-corrected chi connectivity index (χ3v) is 4.21. The first-order valence-electron chi connectivity index (χ1n) is 6.35. The van der Waals surface area contributed by atoms with Gasteiger partial charge in [-0.25, -0.2) is 0 Å². The predicted molar refractivity (Wildman–Crippen MR) is 65.0 cm³/mol. The number of hydrogen-bond acceptors (Lipinski definition) is 0. The average molecular weight is 202 g/mol. The SMILES string of the molecule is c1ccc2c(c1)CCC[N+]21CCCCC1. The summed E-state index contributed by atoms with van der Waals surface area (Å²) in [7, 11) is 0. The zero-order valence-corrected chi connectivity index (χ0v) is 9.41. The quantitative estimate of drug-likeness (QED) is 0.567. The van der Waals surface area contributed by atoms with Crippen LogP contribution < -0.4 is 4.48 Å². The van der Waals surface area contributed by atoms with Crippen LogP contribution in [0, 0.1) is 0 Å². The van der Waals surface area contributed by atoms with Crippen molar-refractivity contribution in [3.63, 3.8) is 0 Å². The van der Waals surface area contributed by atoms with Crippen molar-refractivity contribution in [2.75, 3.05) is 19.6 Å². The Morgan fingerprint density at radius 1 is 0.800 bits per heavy atom. The van der Waals surface area contributed by atoms with Gasteiger partial charge in [0.15, 0.2) is 0 Å². The largest absolute Gasteiger partial charge is 0.291 e. The van der Waals surface area contributed by atoms with Crippen molar-refractivity contribution in [1.29, 1.82) is 0 Å². The second-order valence-electron chi connectivity index (χ2n) is 5.11. The molecule has 0 radical (unpaired) electrons. The van der Waals surface area contributed by atoms with Crippen LogP contribution in [0.3, 0.4) is 0 Å². The minimum atomic E-state index is 1.30. The second kappa shape index (κ2) is 3.64. The molecule has 0 bridgehead atoms. The standard InChI is InChI=1S/C14H20N/c1-4-10-15(11-5-1)12-6-8-13-7-2-3-9-14(13)15/h2-3,7,9H,1,4-6,8,10-12H2/q+1. The van der Waals surface area contributed by atoms with E-state index in [2.05, 4.69) is 24.3 Å². The highest BCUT2D eigenvalue weighted by Crippen LogP contribution is 2.36. The van der Waals surface area contributed by atoms with Crippen molar-refractivity contribution in [2.24, 2.45) is 0 Å². The van der Waals surface area contributed by atoms with Crippen molar-refractivity contribution in [2.45, 2.75) is 32.1 Å². The summed E-state index contributed by atoms with van der Waals surface area (Å²) in [4.78, 5) is 0. The fraction of sp³-hybridized carbons (Fsp3) is 0.571. The molecule has 1 saturated heterocycles. The molecule has 2 aliphatic heterocycles. The van der Waals surface area contributed by atoms with E-state index in [1.54, 1.807) is 11.3 Å². The van der Waals surface area contributed by atoms with Gasteiger partial charge in [-0.05, 0) is 31.7 Å². The Morgan fingerprint density at radius 3 is 2.40 bits per heavy atom. The Labute approximate surface area is 92.3 Å². The van der Waals surface area contributed by atoms with E-state index in [1.165, 1.54) is 56.2 Å². The van der Waals surface area contributed by atoms with Crippen LogP contribution >= 0.6 is 0 Å². The smallest absolute Gasteiger partial charge is 0.136 e. The Hall–Kier alpha value is -0.820. The fourth-order valence-electron chi connectivity index (χ4n) is 3.46. The zero-order valence-electron chi connectivity index (χ0n) is 9.41. The van der Waals surface area contributed by atoms with Crippen LogP contribution in [0.25, 0.3) is 0 Å². The number of nitrogens with zero attached hydrogens (tertiary/aromatic N) is 1. The molecule has 1 fully saturated rings. The van der Waals surface area contributed by atoms with E-state index in [1.807, 2.05) is 0 Å². The molecule has 2 aliphatic rings. The lowest BCUT2D eigenvalue weighted by molar-refractivity contribution is 0.215. The summed E-state index contributed by atoms with van der Waals surface area (Å²) in [5, 5.41) is 0. The Bertz CT molecular complexity index is 350. The van der Waals surface area contributed by atoms with Crippen molar-refractivity contribution < 1.29 is 0 Å². The van der Waals surface area contributed by atoms with Crippen LogP contribution in [0.1, 0.15) is 31.2 Å². The van der Waals surface area contributed by atoms with E-state index in [0.29, 0.717) is 0 Å². The van der Waals surface area contributed by atoms with Gasteiger partial charge in [-0.2, -0.15) is 0 Å². The molecular formula is C14H20N+. The van der Waals surface area contributed by atoms with Gasteiger partial charge < -0.3 is 0 Å². The van der Waals surface area contributed by atoms with Gasteiger partial charge in [-0.3, -0.25) is 4.48 Å². The maximum atomic E-state index is 2.37. The summed E-state index contributed by atoms with van der Waals surface area (Å²) in [6.45, 7) is 4.16. The lowest BCUT2D eigenvalue weighted by atomic mass is 9.95. The summed E-state index contributed by atoms with van der Waals surface area (Å²) in [6, 6.07) is 9.13. The highest BCUT2D eigenvalue weighted by Gasteiger charge is 2.36. The van der Waals surface area contributed by atoms with Gasteiger partial charge in [0.1, 0.15) is 5.69 Å². The minimum absolute atomic E-state index is 1.30. The molecule has 15 heavy (non-hydrogen) atoms. The third-order valence-electron chi connectivity index (χ3n) is 4.21. The molecule has 0 aliphatic carbocycles. The normalized spacial score (nSPS) is 23.7. The first-order valence-corrected chi connectivity index (χ1v) is 6.35. The summed E-state index contributed by atoms with van der Waals surface area (Å²) >= 11 is 0. The van der Waals surface area contributed by atoms with E-state index in [0.717, 1.165) is 0 Å². The van der Waals surface area contributed by atoms with Gasteiger partial charge >= 0.3 is 0 Å². The molecule has 3 rings (SSSR count). The maximum Gasteiger partial charge on any atom is 0.136 e. The average Bonchev–Trinajstić information content (AvgIpc) is 2.31. The number of quaternary nitrogens is 1. The van der Waals surface area contributed by atoms with Crippen LogP contribution in [0.15, 0.2) is 24.3 Å². The van der Waals surface area contributed by atoms with Gasteiger partial charge in [-0.15, -0.1) is 0 Å². The number of benzene rings is 1. The van der Waals surface area contributed by atoms with Crippen LogP contribution in [0.2, 0.25) is 0 Å². The van der Waals surface area contributed by atoms with Gasteiger partial charge in [-0.1, -0.05) is 18.2 Å². The van der Waals surface area contributed by atoms with E-state index in [-0.39, 0.29) is 0 Å². The van der Waals surface area contributed by atoms with E-state index < -0.39 is 0 Å². The Kier molecular flexibility index (Phi) is 2.28. The molecule has 0 N–H and O–H groups in total. The van der Waals surface area contributed by atoms with Crippen molar-refractivity contribution >= 4 is 5.69 Å². The molecule has 1 spiro atoms. The number of para-hydroxylation sites is 1. The summed E-state index contributed by atoms with van der Waals surface area (Å²) in [5.41, 5.74) is 3.26. The van der Waals surface area contributed by atoms with E-state index >= 15 is 0 Å². The molecule has 2 heterocycles. The van der Waals surface area contributed by atoms with Gasteiger partial charge in [0.2, 0.25) is 0 Å². The molecule has 1 aromatic carbocycles. The number of fused-ring (bicyclic) bond motifs is 2. The lowest BCUT2D eigenvalue weighted by Crippen LogP contribution is -2.55. The van der Waals surface area contributed by atoms with Crippen molar-refractivity contribution in [3.8, 4) is 0 Å². The number of hydrogen-bond donors (Lipinski definition) is 0. The molecule has 0 saturated carbocycles. The van der Waals surface area contributed by atoms with Crippen LogP contribution in [0.4, 0.5) is 5.69 Å². The molecular weight excluding hydrogens is 182 g/mol. The monoisotopic (exact) mass is 202 g/mol. The first kappa shape index (κ1) is 9.41. The lowest BCUT2D eigenvalue weighted by Gasteiger charge is -2.44. The van der Waals surface area contributed by atoms with Gasteiger partial charge in [0.25, 0.3) is 0 Å². The zero-order chi connectivity index (χ0) is 10.1. The van der Waals surface area contributed by atoms with Crippen LogP contribution in [0.5, 0.6) is 0 Å². The van der Waals surface area contributed by atoms with Crippen molar-refractivity contribution in [1.82, 2.24) is 4.48 Å². The number of piperidine rings is 1. The fourth-order valence-corrected chi connectivity index (χ4v) is 3.46. The van der Waals surface area contributed by atoms with E-state index in [9.17, 15) is 0 Å². The Balaban J connectivity index is 2.04. The van der Waals surface area contributed by atoms with Crippen LogP contribution in [-0.2, 0) is 6.42 Å². The molecule has 80 valence electrons.